The van der Waals surface area contributed by atoms with Gasteiger partial charge in [0.25, 0.3) is 0 Å². The number of aromatic nitrogens is 5. The maximum Gasteiger partial charge on any atom is 0.205 e. The van der Waals surface area contributed by atoms with Crippen molar-refractivity contribution in [1.29, 1.82) is 0 Å². The van der Waals surface area contributed by atoms with Crippen molar-refractivity contribution in [3.63, 3.8) is 0 Å². The molecule has 4 rings (SSSR count). The van der Waals surface area contributed by atoms with E-state index in [0.29, 0.717) is 17.6 Å². The van der Waals surface area contributed by atoms with Gasteiger partial charge in [0.15, 0.2) is 0 Å². The van der Waals surface area contributed by atoms with Crippen LogP contribution in [0, 0.1) is 0 Å². The Kier molecular flexibility index (Phi) is 3.87. The monoisotopic (exact) mass is 357 g/mol. The zero-order chi connectivity index (χ0) is 16.5. The number of aryl methyl sites for hydroxylation is 1. The highest BCUT2D eigenvalue weighted by Gasteiger charge is 2.10. The number of rotatable bonds is 4. The van der Waals surface area contributed by atoms with Crippen LogP contribution < -0.4 is 4.74 Å². The number of nitrogens with zero attached hydrogens (tertiary/aromatic N) is 5. The number of tetrazole rings is 1. The predicted molar refractivity (Wildman–Crippen MR) is 93.2 cm³/mol. The summed E-state index contributed by atoms with van der Waals surface area (Å²) in [6.07, 6.45) is 1.71. The highest BCUT2D eigenvalue weighted by Crippen LogP contribution is 2.31. The maximum atomic E-state index is 6.21. The number of halogens is 1. The number of fused-ring (bicyclic) bond motifs is 1. The van der Waals surface area contributed by atoms with Crippen molar-refractivity contribution in [2.75, 3.05) is 0 Å². The topological polar surface area (TPSA) is 65.7 Å². The lowest BCUT2D eigenvalue weighted by atomic mass is 10.2. The Morgan fingerprint density at radius 3 is 3.04 bits per heavy atom. The molecule has 1 aromatic carbocycles. The standard InChI is InChI=1S/C16H12ClN5OS/c1-22-20-16(19-21-22)10-3-2-4-12(7-10)23-8-11-9-24-13-5-6-18-15(17)14(11)13/h2-7,9H,8H2,1H3. The fourth-order valence-electron chi connectivity index (χ4n) is 2.39. The molecule has 0 atom stereocenters. The van der Waals surface area contributed by atoms with E-state index in [1.54, 1.807) is 24.6 Å². The van der Waals surface area contributed by atoms with E-state index >= 15 is 0 Å². The van der Waals surface area contributed by atoms with Crippen LogP contribution >= 0.6 is 22.9 Å². The van der Waals surface area contributed by atoms with Gasteiger partial charge in [-0.15, -0.1) is 21.5 Å². The van der Waals surface area contributed by atoms with Crippen LogP contribution in [0.25, 0.3) is 21.5 Å². The van der Waals surface area contributed by atoms with Crippen LogP contribution in [-0.2, 0) is 13.7 Å². The Morgan fingerprint density at radius 1 is 1.29 bits per heavy atom. The van der Waals surface area contributed by atoms with Gasteiger partial charge in [-0.25, -0.2) is 4.98 Å². The van der Waals surface area contributed by atoms with Crippen molar-refractivity contribution >= 4 is 33.0 Å². The number of benzene rings is 1. The summed E-state index contributed by atoms with van der Waals surface area (Å²) >= 11 is 7.84. The molecule has 8 heteroatoms. The zero-order valence-corrected chi connectivity index (χ0v) is 14.3. The molecular formula is C16H12ClN5OS. The summed E-state index contributed by atoms with van der Waals surface area (Å²) in [6, 6.07) is 9.57. The molecule has 0 aliphatic rings. The summed E-state index contributed by atoms with van der Waals surface area (Å²) in [5.74, 6) is 1.30. The average Bonchev–Trinajstić information content (AvgIpc) is 3.20. The molecule has 4 aromatic rings. The third-order valence-electron chi connectivity index (χ3n) is 3.51. The minimum atomic E-state index is 0.419. The minimum Gasteiger partial charge on any atom is -0.489 e. The molecule has 6 nitrogen and oxygen atoms in total. The molecule has 0 unspecified atom stereocenters. The summed E-state index contributed by atoms with van der Waals surface area (Å²) in [6.45, 7) is 0.419. The lowest BCUT2D eigenvalue weighted by molar-refractivity contribution is 0.308. The van der Waals surface area contributed by atoms with E-state index in [-0.39, 0.29) is 0 Å². The molecule has 120 valence electrons. The second-order valence-electron chi connectivity index (χ2n) is 5.15. The van der Waals surface area contributed by atoms with Crippen LogP contribution in [-0.4, -0.2) is 25.2 Å². The maximum absolute atomic E-state index is 6.21. The van der Waals surface area contributed by atoms with Gasteiger partial charge < -0.3 is 4.74 Å². The first-order valence-electron chi connectivity index (χ1n) is 7.18. The second-order valence-corrected chi connectivity index (χ2v) is 6.42. The highest BCUT2D eigenvalue weighted by atomic mass is 35.5. The van der Waals surface area contributed by atoms with E-state index in [1.807, 2.05) is 35.7 Å². The molecule has 0 saturated heterocycles. The van der Waals surface area contributed by atoms with Crippen molar-refractivity contribution in [2.45, 2.75) is 6.61 Å². The van der Waals surface area contributed by atoms with E-state index in [1.165, 1.54) is 4.80 Å². The predicted octanol–water partition coefficient (Wildman–Crippen LogP) is 3.72. The molecule has 0 aliphatic carbocycles. The number of pyridine rings is 1. The molecule has 3 aromatic heterocycles. The molecule has 24 heavy (non-hydrogen) atoms. The molecule has 0 saturated carbocycles. The SMILES string of the molecule is Cn1nnc(-c2cccc(OCc3csc4ccnc(Cl)c34)c2)n1. The summed E-state index contributed by atoms with van der Waals surface area (Å²) in [5, 5.41) is 15.6. The van der Waals surface area contributed by atoms with Gasteiger partial charge in [-0.3, -0.25) is 0 Å². The molecule has 0 fully saturated rings. The van der Waals surface area contributed by atoms with Crippen LogP contribution in [0.4, 0.5) is 0 Å². The van der Waals surface area contributed by atoms with Crippen molar-refractivity contribution in [3.8, 4) is 17.1 Å². The smallest absolute Gasteiger partial charge is 0.205 e. The largest absolute Gasteiger partial charge is 0.489 e. The van der Waals surface area contributed by atoms with E-state index in [4.69, 9.17) is 16.3 Å². The minimum absolute atomic E-state index is 0.419. The fourth-order valence-corrected chi connectivity index (χ4v) is 3.67. The van der Waals surface area contributed by atoms with Gasteiger partial charge >= 0.3 is 0 Å². The van der Waals surface area contributed by atoms with Crippen LogP contribution in [0.1, 0.15) is 5.56 Å². The van der Waals surface area contributed by atoms with E-state index < -0.39 is 0 Å². The fraction of sp³-hybridized carbons (Fsp3) is 0.125. The van der Waals surface area contributed by atoms with Crippen molar-refractivity contribution in [2.24, 2.45) is 7.05 Å². The van der Waals surface area contributed by atoms with Gasteiger partial charge in [-0.2, -0.15) is 4.80 Å². The van der Waals surface area contributed by atoms with Crippen molar-refractivity contribution in [3.05, 3.63) is 52.6 Å². The lowest BCUT2D eigenvalue weighted by Crippen LogP contribution is -1.95. The van der Waals surface area contributed by atoms with E-state index in [0.717, 1.165) is 27.0 Å². The first kappa shape index (κ1) is 15.0. The van der Waals surface area contributed by atoms with Crippen molar-refractivity contribution in [1.82, 2.24) is 25.2 Å². The Hall–Kier alpha value is -2.51. The van der Waals surface area contributed by atoms with Gasteiger partial charge in [-0.05, 0) is 28.8 Å². The summed E-state index contributed by atoms with van der Waals surface area (Å²) in [5.41, 5.74) is 1.88. The summed E-state index contributed by atoms with van der Waals surface area (Å²) in [4.78, 5) is 5.57. The highest BCUT2D eigenvalue weighted by molar-refractivity contribution is 7.17. The molecule has 0 aliphatic heterocycles. The molecule has 0 radical (unpaired) electrons. The van der Waals surface area contributed by atoms with E-state index in [2.05, 4.69) is 20.4 Å². The van der Waals surface area contributed by atoms with Crippen molar-refractivity contribution < 1.29 is 4.74 Å². The van der Waals surface area contributed by atoms with Crippen LogP contribution in [0.3, 0.4) is 0 Å². The van der Waals surface area contributed by atoms with Gasteiger partial charge in [0, 0.05) is 27.4 Å². The Bertz CT molecular complexity index is 1010. The first-order valence-corrected chi connectivity index (χ1v) is 8.44. The molecule has 0 spiro atoms. The molecule has 0 bridgehead atoms. The molecule has 0 N–H and O–H groups in total. The van der Waals surface area contributed by atoms with Gasteiger partial charge in [0.1, 0.15) is 17.5 Å². The number of thiophene rings is 1. The second kappa shape index (κ2) is 6.18. The quantitative estimate of drug-likeness (QED) is 0.521. The van der Waals surface area contributed by atoms with Gasteiger partial charge in [0.2, 0.25) is 5.82 Å². The van der Waals surface area contributed by atoms with Crippen LogP contribution in [0.2, 0.25) is 5.15 Å². The number of hydrogen-bond acceptors (Lipinski definition) is 6. The Labute approximate surface area is 146 Å². The third kappa shape index (κ3) is 2.83. The molecule has 3 heterocycles. The number of ether oxygens (including phenoxy) is 1. The van der Waals surface area contributed by atoms with Crippen LogP contribution in [0.5, 0.6) is 5.75 Å². The van der Waals surface area contributed by atoms with Gasteiger partial charge in [0.05, 0.1) is 7.05 Å². The zero-order valence-electron chi connectivity index (χ0n) is 12.7. The molecule has 0 amide bonds. The average molecular weight is 358 g/mol. The Balaban J connectivity index is 1.57. The third-order valence-corrected chi connectivity index (χ3v) is 4.79. The molecular weight excluding hydrogens is 346 g/mol. The number of hydrogen-bond donors (Lipinski definition) is 0. The normalized spacial score (nSPS) is 11.1. The summed E-state index contributed by atoms with van der Waals surface area (Å²) in [7, 11) is 1.73. The first-order chi connectivity index (χ1) is 11.7. The lowest BCUT2D eigenvalue weighted by Gasteiger charge is -2.07. The van der Waals surface area contributed by atoms with E-state index in [9.17, 15) is 0 Å². The Morgan fingerprint density at radius 2 is 2.21 bits per heavy atom. The van der Waals surface area contributed by atoms with Crippen LogP contribution in [0.15, 0.2) is 41.9 Å². The van der Waals surface area contributed by atoms with Gasteiger partial charge in [-0.1, -0.05) is 23.7 Å². The summed E-state index contributed by atoms with van der Waals surface area (Å²) < 4.78 is 7.02.